The second-order valence-electron chi connectivity index (χ2n) is 6.33. The van der Waals surface area contributed by atoms with Crippen molar-refractivity contribution in [3.05, 3.63) is 53.2 Å². The second kappa shape index (κ2) is 7.85. The molecular weight excluding hydrogens is 356 g/mol. The number of aliphatic carboxylic acids is 1. The highest BCUT2D eigenvalue weighted by Crippen LogP contribution is 2.28. The van der Waals surface area contributed by atoms with Gasteiger partial charge in [-0.15, -0.1) is 0 Å². The van der Waals surface area contributed by atoms with Crippen LogP contribution >= 0.6 is 11.6 Å². The Morgan fingerprint density at radius 2 is 2.00 bits per heavy atom. The van der Waals surface area contributed by atoms with E-state index in [0.29, 0.717) is 36.6 Å². The van der Waals surface area contributed by atoms with Gasteiger partial charge in [0.15, 0.2) is 0 Å². The van der Waals surface area contributed by atoms with E-state index in [1.807, 2.05) is 18.2 Å². The van der Waals surface area contributed by atoms with Gasteiger partial charge in [-0.2, -0.15) is 0 Å². The number of nitrogens with one attached hydrogen (secondary N) is 1. The molecule has 1 amide bonds. The van der Waals surface area contributed by atoms with Gasteiger partial charge >= 0.3 is 5.97 Å². The number of amides is 1. The number of ether oxygens (including phenoxy) is 1. The number of carboxylic acids is 1. The molecule has 0 bridgehead atoms. The van der Waals surface area contributed by atoms with Gasteiger partial charge in [0.05, 0.1) is 28.2 Å². The summed E-state index contributed by atoms with van der Waals surface area (Å²) < 4.78 is 5.32. The molecule has 1 aliphatic heterocycles. The number of benzene rings is 1. The summed E-state index contributed by atoms with van der Waals surface area (Å²) in [6, 6.07) is 10.6. The monoisotopic (exact) mass is 374 g/mol. The van der Waals surface area contributed by atoms with E-state index in [1.54, 1.807) is 24.4 Å². The van der Waals surface area contributed by atoms with Gasteiger partial charge in [0.25, 0.3) is 5.91 Å². The molecule has 1 fully saturated rings. The van der Waals surface area contributed by atoms with Gasteiger partial charge in [-0.05, 0) is 37.1 Å². The molecule has 7 heteroatoms. The number of aromatic nitrogens is 1. The maximum Gasteiger partial charge on any atom is 0.305 e. The summed E-state index contributed by atoms with van der Waals surface area (Å²) in [6.45, 7) is 0.824. The summed E-state index contributed by atoms with van der Waals surface area (Å²) in [5.41, 5.74) is 0.959. The standard InChI is InChI=1S/C19H19ClN2O4/c20-15-5-4-13(16-3-1-2-8-21-16)11-14(15)18(25)22-19(12-17(23)24)6-9-26-10-7-19/h1-5,8,11H,6-7,9-10,12H2,(H,22,25)(H,23,24). The predicted octanol–water partition coefficient (Wildman–Crippen LogP) is 3.16. The number of pyridine rings is 1. The van der Waals surface area contributed by atoms with E-state index in [4.69, 9.17) is 16.3 Å². The van der Waals surface area contributed by atoms with Crippen molar-refractivity contribution in [3.63, 3.8) is 0 Å². The maximum atomic E-state index is 12.9. The molecule has 1 aromatic heterocycles. The van der Waals surface area contributed by atoms with Crippen LogP contribution in [-0.2, 0) is 9.53 Å². The van der Waals surface area contributed by atoms with Crippen molar-refractivity contribution >= 4 is 23.5 Å². The summed E-state index contributed by atoms with van der Waals surface area (Å²) in [6.07, 6.45) is 2.42. The van der Waals surface area contributed by atoms with E-state index in [9.17, 15) is 14.7 Å². The van der Waals surface area contributed by atoms with Crippen molar-refractivity contribution in [1.82, 2.24) is 10.3 Å². The van der Waals surface area contributed by atoms with Crippen LogP contribution in [0, 0.1) is 0 Å². The lowest BCUT2D eigenvalue weighted by atomic mass is 9.86. The fraction of sp³-hybridized carbons (Fsp3) is 0.316. The average molecular weight is 375 g/mol. The van der Waals surface area contributed by atoms with Crippen molar-refractivity contribution < 1.29 is 19.4 Å². The van der Waals surface area contributed by atoms with Crippen LogP contribution < -0.4 is 5.32 Å². The normalized spacial score (nSPS) is 16.0. The largest absolute Gasteiger partial charge is 0.481 e. The molecule has 3 rings (SSSR count). The molecular formula is C19H19ClN2O4. The van der Waals surface area contributed by atoms with Crippen LogP contribution in [0.4, 0.5) is 0 Å². The quantitative estimate of drug-likeness (QED) is 0.839. The summed E-state index contributed by atoms with van der Waals surface area (Å²) in [5.74, 6) is -1.35. The smallest absolute Gasteiger partial charge is 0.305 e. The number of nitrogens with zero attached hydrogens (tertiary/aromatic N) is 1. The maximum absolute atomic E-state index is 12.9. The molecule has 2 aromatic rings. The molecule has 0 radical (unpaired) electrons. The van der Waals surface area contributed by atoms with Crippen molar-refractivity contribution in [2.24, 2.45) is 0 Å². The number of hydrogen-bond donors (Lipinski definition) is 2. The SMILES string of the molecule is O=C(O)CC1(NC(=O)c2cc(-c3ccccn3)ccc2Cl)CCOCC1. The molecule has 1 aliphatic rings. The molecule has 0 aliphatic carbocycles. The van der Waals surface area contributed by atoms with E-state index < -0.39 is 17.4 Å². The van der Waals surface area contributed by atoms with Gasteiger partial charge in [-0.1, -0.05) is 23.7 Å². The van der Waals surface area contributed by atoms with E-state index >= 15 is 0 Å². The number of hydrogen-bond acceptors (Lipinski definition) is 4. The van der Waals surface area contributed by atoms with Gasteiger partial charge in [0.1, 0.15) is 0 Å². The Morgan fingerprint density at radius 3 is 2.65 bits per heavy atom. The van der Waals surface area contributed by atoms with Crippen molar-refractivity contribution in [2.75, 3.05) is 13.2 Å². The molecule has 2 heterocycles. The zero-order valence-electron chi connectivity index (χ0n) is 14.1. The first-order valence-electron chi connectivity index (χ1n) is 8.32. The van der Waals surface area contributed by atoms with Crippen LogP contribution in [0.25, 0.3) is 11.3 Å². The van der Waals surface area contributed by atoms with E-state index in [1.165, 1.54) is 0 Å². The van der Waals surface area contributed by atoms with Gasteiger partial charge in [0, 0.05) is 25.0 Å². The fourth-order valence-corrected chi connectivity index (χ4v) is 3.30. The number of carbonyl (C=O) groups excluding carboxylic acids is 1. The first-order valence-corrected chi connectivity index (χ1v) is 8.70. The van der Waals surface area contributed by atoms with E-state index in [0.717, 1.165) is 11.3 Å². The summed E-state index contributed by atoms with van der Waals surface area (Å²) in [5, 5.41) is 12.4. The highest BCUT2D eigenvalue weighted by molar-refractivity contribution is 6.34. The Morgan fingerprint density at radius 1 is 1.23 bits per heavy atom. The third-order valence-corrected chi connectivity index (χ3v) is 4.82. The third-order valence-electron chi connectivity index (χ3n) is 4.49. The Hall–Kier alpha value is -2.44. The molecule has 6 nitrogen and oxygen atoms in total. The highest BCUT2D eigenvalue weighted by Gasteiger charge is 2.37. The Bertz CT molecular complexity index is 804. The van der Waals surface area contributed by atoms with E-state index in [2.05, 4.69) is 10.3 Å². The second-order valence-corrected chi connectivity index (χ2v) is 6.73. The van der Waals surface area contributed by atoms with Crippen molar-refractivity contribution in [3.8, 4) is 11.3 Å². The molecule has 1 aromatic carbocycles. The van der Waals surface area contributed by atoms with Gasteiger partial charge in [0.2, 0.25) is 0 Å². The minimum absolute atomic E-state index is 0.153. The zero-order valence-corrected chi connectivity index (χ0v) is 14.8. The van der Waals surface area contributed by atoms with Crippen LogP contribution in [-0.4, -0.2) is 40.7 Å². The lowest BCUT2D eigenvalue weighted by molar-refractivity contribution is -0.139. The molecule has 136 valence electrons. The Balaban J connectivity index is 1.87. The number of carboxylic acid groups (broad SMARTS) is 1. The van der Waals surface area contributed by atoms with Gasteiger partial charge < -0.3 is 15.2 Å². The van der Waals surface area contributed by atoms with Gasteiger partial charge in [-0.25, -0.2) is 0 Å². The molecule has 0 saturated carbocycles. The van der Waals surface area contributed by atoms with Crippen molar-refractivity contribution in [2.45, 2.75) is 24.8 Å². The Kier molecular flexibility index (Phi) is 5.54. The Labute approximate surface area is 156 Å². The summed E-state index contributed by atoms with van der Waals surface area (Å²) in [4.78, 5) is 28.4. The molecule has 0 spiro atoms. The van der Waals surface area contributed by atoms with Crippen LogP contribution in [0.2, 0.25) is 5.02 Å². The van der Waals surface area contributed by atoms with Gasteiger partial charge in [-0.3, -0.25) is 14.6 Å². The van der Waals surface area contributed by atoms with Crippen LogP contribution in [0.15, 0.2) is 42.6 Å². The van der Waals surface area contributed by atoms with Crippen LogP contribution in [0.1, 0.15) is 29.6 Å². The van der Waals surface area contributed by atoms with E-state index in [-0.39, 0.29) is 6.42 Å². The lowest BCUT2D eigenvalue weighted by Crippen LogP contribution is -2.53. The average Bonchev–Trinajstić information content (AvgIpc) is 2.62. The molecule has 26 heavy (non-hydrogen) atoms. The summed E-state index contributed by atoms with van der Waals surface area (Å²) in [7, 11) is 0. The summed E-state index contributed by atoms with van der Waals surface area (Å²) >= 11 is 6.23. The van der Waals surface area contributed by atoms with Crippen LogP contribution in [0.3, 0.4) is 0 Å². The zero-order chi connectivity index (χ0) is 18.6. The number of halogens is 1. The third kappa shape index (κ3) is 4.20. The topological polar surface area (TPSA) is 88.5 Å². The lowest BCUT2D eigenvalue weighted by Gasteiger charge is -2.37. The van der Waals surface area contributed by atoms with Crippen LogP contribution in [0.5, 0.6) is 0 Å². The fourth-order valence-electron chi connectivity index (χ4n) is 3.10. The predicted molar refractivity (Wildman–Crippen MR) is 97.2 cm³/mol. The molecule has 0 unspecified atom stereocenters. The minimum Gasteiger partial charge on any atom is -0.481 e. The number of carbonyl (C=O) groups is 2. The molecule has 0 atom stereocenters. The first-order chi connectivity index (χ1) is 12.5. The minimum atomic E-state index is -0.958. The molecule has 2 N–H and O–H groups in total. The number of rotatable bonds is 5. The first kappa shape index (κ1) is 18.4. The highest BCUT2D eigenvalue weighted by atomic mass is 35.5. The molecule has 1 saturated heterocycles. The van der Waals surface area contributed by atoms with Crippen molar-refractivity contribution in [1.29, 1.82) is 0 Å².